The van der Waals surface area contributed by atoms with Gasteiger partial charge >= 0.3 is 6.18 Å². The Balaban J connectivity index is 1.12. The maximum Gasteiger partial charge on any atom is 0.389 e. The van der Waals surface area contributed by atoms with Gasteiger partial charge in [0.15, 0.2) is 5.65 Å². The van der Waals surface area contributed by atoms with Crippen molar-refractivity contribution in [3.05, 3.63) is 95.7 Å². The van der Waals surface area contributed by atoms with Crippen LogP contribution in [-0.2, 0) is 4.79 Å². The molecule has 0 radical (unpaired) electrons. The lowest BCUT2D eigenvalue weighted by molar-refractivity contribution is -0.148. The fraction of sp³-hybridized carbons (Fsp3) is 0.344. The van der Waals surface area contributed by atoms with Crippen molar-refractivity contribution in [2.24, 2.45) is 0 Å². The van der Waals surface area contributed by atoms with E-state index in [4.69, 9.17) is 4.98 Å². The quantitative estimate of drug-likeness (QED) is 0.252. The Morgan fingerprint density at radius 2 is 1.84 bits per heavy atom. The number of alkyl halides is 3. The van der Waals surface area contributed by atoms with Crippen LogP contribution in [-0.4, -0.2) is 61.2 Å². The van der Waals surface area contributed by atoms with Crippen molar-refractivity contribution in [2.75, 3.05) is 25.0 Å². The van der Waals surface area contributed by atoms with Crippen molar-refractivity contribution in [1.29, 1.82) is 0 Å². The van der Waals surface area contributed by atoms with E-state index in [0.717, 1.165) is 41.8 Å². The lowest BCUT2D eigenvalue weighted by atomic mass is 10.00. The fourth-order valence-corrected chi connectivity index (χ4v) is 5.93. The molecule has 1 saturated heterocycles. The van der Waals surface area contributed by atoms with Crippen LogP contribution in [0.2, 0.25) is 0 Å². The molecule has 0 saturated carbocycles. The monoisotopic (exact) mass is 590 g/mol. The number of pyridine rings is 1. The van der Waals surface area contributed by atoms with Gasteiger partial charge in [0, 0.05) is 49.5 Å². The fourth-order valence-electron chi connectivity index (χ4n) is 5.93. The third kappa shape index (κ3) is 6.57. The molecule has 0 spiro atoms. The van der Waals surface area contributed by atoms with Crippen molar-refractivity contribution >= 4 is 28.8 Å². The van der Waals surface area contributed by atoms with E-state index in [-0.39, 0.29) is 12.6 Å². The highest BCUT2D eigenvalue weighted by Crippen LogP contribution is 2.38. The Bertz CT molecular complexity index is 1600. The first-order chi connectivity index (χ1) is 20.7. The van der Waals surface area contributed by atoms with Gasteiger partial charge in [0.2, 0.25) is 11.9 Å². The van der Waals surface area contributed by atoms with Gasteiger partial charge in [-0.3, -0.25) is 9.69 Å². The molecule has 2 aliphatic heterocycles. The van der Waals surface area contributed by atoms with Crippen LogP contribution in [0.1, 0.15) is 61.1 Å². The number of nitrogens with zero attached hydrogens (tertiary/aromatic N) is 5. The minimum atomic E-state index is -4.34. The smallest absolute Gasteiger partial charge is 0.374 e. The summed E-state index contributed by atoms with van der Waals surface area (Å²) in [6.45, 7) is 1.44. The number of rotatable bonds is 8. The van der Waals surface area contributed by atoms with Gasteiger partial charge in [0.05, 0.1) is 6.42 Å². The zero-order valence-electron chi connectivity index (χ0n) is 23.5. The van der Waals surface area contributed by atoms with Gasteiger partial charge in [-0.1, -0.05) is 48.5 Å². The van der Waals surface area contributed by atoms with Crippen LogP contribution >= 0.6 is 0 Å². The van der Waals surface area contributed by atoms with Gasteiger partial charge in [-0.05, 0) is 60.2 Å². The van der Waals surface area contributed by atoms with Gasteiger partial charge in [-0.15, -0.1) is 5.10 Å². The maximum atomic E-state index is 12.5. The van der Waals surface area contributed by atoms with Crippen LogP contribution in [0.25, 0.3) is 11.2 Å². The number of hydrogen-bond acceptors (Lipinski definition) is 6. The zero-order chi connectivity index (χ0) is 30.0. The highest BCUT2D eigenvalue weighted by atomic mass is 19.4. The minimum Gasteiger partial charge on any atom is -0.374 e. The molecule has 6 rings (SSSR count). The number of halogens is 3. The molecule has 2 aliphatic rings. The summed E-state index contributed by atoms with van der Waals surface area (Å²) in [5.74, 6) is -0.0837. The van der Waals surface area contributed by atoms with E-state index >= 15 is 0 Å². The highest BCUT2D eigenvalue weighted by molar-refractivity contribution is 5.81. The Morgan fingerprint density at radius 3 is 2.56 bits per heavy atom. The zero-order valence-corrected chi connectivity index (χ0v) is 23.5. The second-order valence-electron chi connectivity index (χ2n) is 11.0. The summed E-state index contributed by atoms with van der Waals surface area (Å²) in [5.41, 5.74) is 5.28. The summed E-state index contributed by atoms with van der Waals surface area (Å²) in [6, 6.07) is 21.9. The lowest BCUT2D eigenvalue weighted by Crippen LogP contribution is -2.35. The molecule has 4 aromatic rings. The van der Waals surface area contributed by atoms with Crippen molar-refractivity contribution in [2.45, 2.75) is 50.6 Å². The van der Waals surface area contributed by atoms with E-state index in [1.165, 1.54) is 10.5 Å². The van der Waals surface area contributed by atoms with Crippen LogP contribution in [0.3, 0.4) is 0 Å². The molecule has 2 unspecified atom stereocenters. The summed E-state index contributed by atoms with van der Waals surface area (Å²) < 4.78 is 39.2. The van der Waals surface area contributed by atoms with E-state index in [1.807, 2.05) is 60.7 Å². The van der Waals surface area contributed by atoms with E-state index < -0.39 is 31.2 Å². The number of aromatic nitrogens is 3. The summed E-state index contributed by atoms with van der Waals surface area (Å²) in [7, 11) is 0. The topological polar surface area (TPSA) is 86.0 Å². The molecule has 11 heteroatoms. The highest BCUT2D eigenvalue weighted by Gasteiger charge is 2.32. The van der Waals surface area contributed by atoms with E-state index in [9.17, 15) is 23.1 Å². The van der Waals surface area contributed by atoms with Gasteiger partial charge in [-0.25, -0.2) is 4.52 Å². The Morgan fingerprint density at radius 1 is 1.05 bits per heavy atom. The summed E-state index contributed by atoms with van der Waals surface area (Å²) in [4.78, 5) is 20.5. The van der Waals surface area contributed by atoms with Crippen LogP contribution < -0.4 is 5.32 Å². The molecule has 8 nitrogen and oxygen atoms in total. The Kier molecular flexibility index (Phi) is 8.18. The van der Waals surface area contributed by atoms with E-state index in [2.05, 4.69) is 27.4 Å². The van der Waals surface area contributed by atoms with Crippen molar-refractivity contribution in [3.8, 4) is 0 Å². The molecule has 2 atom stereocenters. The number of aliphatic hydroxyl groups is 1. The molecular formula is C32H33F3N6O2. The first-order valence-corrected chi connectivity index (χ1v) is 14.5. The summed E-state index contributed by atoms with van der Waals surface area (Å²) >= 11 is 0. The first kappa shape index (κ1) is 28.9. The van der Waals surface area contributed by atoms with Gasteiger partial charge in [0.1, 0.15) is 6.23 Å². The summed E-state index contributed by atoms with van der Waals surface area (Å²) in [6.07, 6.45) is -0.464. The average molecular weight is 591 g/mol. The largest absolute Gasteiger partial charge is 0.389 e. The number of carbonyl (C=O) groups excluding carboxylic acids is 1. The van der Waals surface area contributed by atoms with Crippen LogP contribution in [0.4, 0.5) is 24.8 Å². The minimum absolute atomic E-state index is 0.183. The number of nitrogens with one attached hydrogen (secondary N) is 1. The molecule has 4 heterocycles. The normalized spacial score (nSPS) is 18.6. The molecule has 0 aliphatic carbocycles. The van der Waals surface area contributed by atoms with E-state index in [1.54, 1.807) is 10.7 Å². The number of anilines is 2. The SMILES string of the molecule is O=C(CCC(F)(F)F)N1CC=C(c2cccn3nc(Nc4ccc(C(O)N5CCCC5c5ccccc5)cc4)nc23)CC1. The molecule has 1 fully saturated rings. The number of amides is 1. The third-order valence-electron chi connectivity index (χ3n) is 8.15. The molecule has 1 amide bonds. The predicted octanol–water partition coefficient (Wildman–Crippen LogP) is 6.26. The Hall–Kier alpha value is -4.22. The van der Waals surface area contributed by atoms with Crippen LogP contribution in [0.5, 0.6) is 0 Å². The Labute approximate surface area is 247 Å². The van der Waals surface area contributed by atoms with Crippen molar-refractivity contribution < 1.29 is 23.1 Å². The van der Waals surface area contributed by atoms with E-state index in [0.29, 0.717) is 24.6 Å². The number of hydrogen-bond donors (Lipinski definition) is 2. The predicted molar refractivity (Wildman–Crippen MR) is 157 cm³/mol. The molecule has 2 N–H and O–H groups in total. The third-order valence-corrected chi connectivity index (χ3v) is 8.15. The average Bonchev–Trinajstić information content (AvgIpc) is 3.67. The standard InChI is InChI=1S/C32H33F3N6O2/c33-32(34,35)17-14-28(42)39-20-15-22(16-21-39)26-8-4-19-41-29(26)37-31(38-41)36-25-12-10-24(11-13-25)30(43)40-18-5-9-27(40)23-6-2-1-3-7-23/h1-4,6-8,10-13,15,19,27,30,43H,5,9,14,16-18,20-21H2,(H,36,38). The number of carbonyl (C=O) groups is 1. The van der Waals surface area contributed by atoms with Gasteiger partial charge in [-0.2, -0.15) is 18.2 Å². The number of aliphatic hydroxyl groups excluding tert-OH is 1. The second kappa shape index (κ2) is 12.2. The second-order valence-corrected chi connectivity index (χ2v) is 11.0. The molecular weight excluding hydrogens is 557 g/mol. The lowest BCUT2D eigenvalue weighted by Gasteiger charge is -2.30. The van der Waals surface area contributed by atoms with Crippen molar-refractivity contribution in [3.63, 3.8) is 0 Å². The number of likely N-dealkylation sites (tertiary alicyclic amines) is 1. The van der Waals surface area contributed by atoms with Gasteiger partial charge < -0.3 is 15.3 Å². The number of fused-ring (bicyclic) bond motifs is 1. The molecule has 43 heavy (non-hydrogen) atoms. The molecule has 2 aromatic carbocycles. The molecule has 2 aromatic heterocycles. The first-order valence-electron chi connectivity index (χ1n) is 14.5. The van der Waals surface area contributed by atoms with Crippen molar-refractivity contribution in [1.82, 2.24) is 24.4 Å². The van der Waals surface area contributed by atoms with Crippen LogP contribution in [0.15, 0.2) is 79.0 Å². The van der Waals surface area contributed by atoms with Crippen LogP contribution in [0, 0.1) is 0 Å². The number of benzene rings is 2. The molecule has 224 valence electrons. The van der Waals surface area contributed by atoms with Gasteiger partial charge in [0.25, 0.3) is 0 Å². The summed E-state index contributed by atoms with van der Waals surface area (Å²) in [5, 5.41) is 19.0. The maximum absolute atomic E-state index is 12.5. The molecule has 0 bridgehead atoms.